The Labute approximate surface area is 97.5 Å². The SMILES string of the molecule is O=C(c1cccs1)[C@H]1Cc2ccccc2O1. The van der Waals surface area contributed by atoms with Crippen molar-refractivity contribution in [1.82, 2.24) is 0 Å². The maximum atomic E-state index is 12.1. The topological polar surface area (TPSA) is 26.3 Å². The van der Waals surface area contributed by atoms with Crippen LogP contribution < -0.4 is 4.74 Å². The van der Waals surface area contributed by atoms with Crippen molar-refractivity contribution in [3.05, 3.63) is 52.2 Å². The summed E-state index contributed by atoms with van der Waals surface area (Å²) in [6.45, 7) is 0. The molecule has 0 bridgehead atoms. The van der Waals surface area contributed by atoms with E-state index < -0.39 is 0 Å². The smallest absolute Gasteiger partial charge is 0.213 e. The van der Waals surface area contributed by atoms with Gasteiger partial charge in [0.25, 0.3) is 0 Å². The first kappa shape index (κ1) is 9.60. The maximum Gasteiger partial charge on any atom is 0.213 e. The zero-order valence-corrected chi connectivity index (χ0v) is 9.37. The summed E-state index contributed by atoms with van der Waals surface area (Å²) in [5.41, 5.74) is 1.12. The van der Waals surface area contributed by atoms with Gasteiger partial charge in [-0.05, 0) is 23.1 Å². The van der Waals surface area contributed by atoms with Gasteiger partial charge in [-0.2, -0.15) is 0 Å². The van der Waals surface area contributed by atoms with Gasteiger partial charge in [-0.25, -0.2) is 0 Å². The normalized spacial score (nSPS) is 17.9. The van der Waals surface area contributed by atoms with Gasteiger partial charge in [-0.15, -0.1) is 11.3 Å². The van der Waals surface area contributed by atoms with E-state index in [4.69, 9.17) is 4.74 Å². The molecule has 2 nitrogen and oxygen atoms in total. The fourth-order valence-electron chi connectivity index (χ4n) is 1.91. The van der Waals surface area contributed by atoms with Crippen LogP contribution >= 0.6 is 11.3 Å². The maximum absolute atomic E-state index is 12.1. The number of ether oxygens (including phenoxy) is 1. The Morgan fingerprint density at radius 2 is 2.12 bits per heavy atom. The van der Waals surface area contributed by atoms with Crippen molar-refractivity contribution in [2.75, 3.05) is 0 Å². The fourth-order valence-corrected chi connectivity index (χ4v) is 2.61. The molecule has 0 saturated heterocycles. The summed E-state index contributed by atoms with van der Waals surface area (Å²) in [5.74, 6) is 0.934. The van der Waals surface area contributed by atoms with Gasteiger partial charge < -0.3 is 4.74 Å². The monoisotopic (exact) mass is 230 g/mol. The number of benzene rings is 1. The van der Waals surface area contributed by atoms with Crippen LogP contribution in [0.4, 0.5) is 0 Å². The molecule has 0 saturated carbocycles. The van der Waals surface area contributed by atoms with E-state index in [9.17, 15) is 4.79 Å². The van der Waals surface area contributed by atoms with Crippen LogP contribution in [-0.4, -0.2) is 11.9 Å². The summed E-state index contributed by atoms with van der Waals surface area (Å²) in [5, 5.41) is 1.91. The van der Waals surface area contributed by atoms with E-state index in [-0.39, 0.29) is 11.9 Å². The molecule has 2 aromatic rings. The average molecular weight is 230 g/mol. The van der Waals surface area contributed by atoms with E-state index >= 15 is 0 Å². The molecule has 0 spiro atoms. The summed E-state index contributed by atoms with van der Waals surface area (Å²) >= 11 is 1.47. The summed E-state index contributed by atoms with van der Waals surface area (Å²) in [6, 6.07) is 11.6. The third-order valence-electron chi connectivity index (χ3n) is 2.70. The summed E-state index contributed by atoms with van der Waals surface area (Å²) < 4.78 is 5.65. The molecular formula is C13H10O2S. The molecule has 1 aliphatic heterocycles. The quantitative estimate of drug-likeness (QED) is 0.741. The van der Waals surface area contributed by atoms with Gasteiger partial charge in [-0.1, -0.05) is 24.3 Å². The van der Waals surface area contributed by atoms with Gasteiger partial charge in [0.15, 0.2) is 6.10 Å². The predicted octanol–water partition coefficient (Wildman–Crippen LogP) is 2.93. The number of hydrogen-bond acceptors (Lipinski definition) is 3. The standard InChI is InChI=1S/C13H10O2S/c14-13(12-6-3-7-16-12)11-8-9-4-1-2-5-10(9)15-11/h1-7,11H,8H2/t11-/m1/s1. The Morgan fingerprint density at radius 3 is 2.88 bits per heavy atom. The lowest BCUT2D eigenvalue weighted by Gasteiger charge is -2.07. The number of para-hydroxylation sites is 1. The minimum Gasteiger partial charge on any atom is -0.482 e. The Kier molecular flexibility index (Phi) is 2.26. The van der Waals surface area contributed by atoms with Crippen molar-refractivity contribution in [3.8, 4) is 5.75 Å². The molecule has 0 fully saturated rings. The second-order valence-electron chi connectivity index (χ2n) is 3.76. The highest BCUT2D eigenvalue weighted by Gasteiger charge is 2.29. The number of thiophene rings is 1. The van der Waals surface area contributed by atoms with E-state index in [1.807, 2.05) is 41.8 Å². The third kappa shape index (κ3) is 1.53. The number of carbonyl (C=O) groups is 1. The van der Waals surface area contributed by atoms with E-state index in [0.29, 0.717) is 6.42 Å². The van der Waals surface area contributed by atoms with Crippen molar-refractivity contribution in [2.24, 2.45) is 0 Å². The minimum atomic E-state index is -0.337. The van der Waals surface area contributed by atoms with Gasteiger partial charge in [-0.3, -0.25) is 4.79 Å². The fraction of sp³-hybridized carbons (Fsp3) is 0.154. The lowest BCUT2D eigenvalue weighted by Crippen LogP contribution is -2.24. The van der Waals surface area contributed by atoms with Crippen molar-refractivity contribution >= 4 is 17.1 Å². The summed E-state index contributed by atoms with van der Waals surface area (Å²) in [6.07, 6.45) is 0.350. The zero-order valence-electron chi connectivity index (χ0n) is 8.55. The first-order chi connectivity index (χ1) is 7.84. The van der Waals surface area contributed by atoms with Crippen LogP contribution in [0.2, 0.25) is 0 Å². The number of carbonyl (C=O) groups excluding carboxylic acids is 1. The number of ketones is 1. The zero-order chi connectivity index (χ0) is 11.0. The van der Waals surface area contributed by atoms with E-state index in [2.05, 4.69) is 0 Å². The predicted molar refractivity (Wildman–Crippen MR) is 63.2 cm³/mol. The Morgan fingerprint density at radius 1 is 1.25 bits per heavy atom. The average Bonchev–Trinajstić information content (AvgIpc) is 2.97. The van der Waals surface area contributed by atoms with E-state index in [1.54, 1.807) is 0 Å². The van der Waals surface area contributed by atoms with Crippen LogP contribution in [0.25, 0.3) is 0 Å². The molecule has 80 valence electrons. The van der Waals surface area contributed by atoms with Crippen molar-refractivity contribution < 1.29 is 9.53 Å². The molecular weight excluding hydrogens is 220 g/mol. The van der Waals surface area contributed by atoms with Gasteiger partial charge >= 0.3 is 0 Å². The first-order valence-corrected chi connectivity index (χ1v) is 6.05. The Balaban J connectivity index is 1.84. The number of hydrogen-bond donors (Lipinski definition) is 0. The van der Waals surface area contributed by atoms with E-state index in [0.717, 1.165) is 16.2 Å². The largest absolute Gasteiger partial charge is 0.482 e. The molecule has 2 heterocycles. The van der Waals surface area contributed by atoms with Crippen LogP contribution in [-0.2, 0) is 6.42 Å². The Bertz CT molecular complexity index is 491. The molecule has 3 heteroatoms. The molecule has 1 aromatic carbocycles. The van der Waals surface area contributed by atoms with Gasteiger partial charge in [0.2, 0.25) is 5.78 Å². The molecule has 1 aliphatic rings. The van der Waals surface area contributed by atoms with Crippen LogP contribution in [0.3, 0.4) is 0 Å². The van der Waals surface area contributed by atoms with Crippen LogP contribution in [0, 0.1) is 0 Å². The van der Waals surface area contributed by atoms with Gasteiger partial charge in [0, 0.05) is 6.42 Å². The first-order valence-electron chi connectivity index (χ1n) is 5.17. The van der Waals surface area contributed by atoms with Crippen LogP contribution in [0.15, 0.2) is 41.8 Å². The highest BCUT2D eigenvalue weighted by molar-refractivity contribution is 7.12. The summed E-state index contributed by atoms with van der Waals surface area (Å²) in [7, 11) is 0. The van der Waals surface area contributed by atoms with Gasteiger partial charge in [0.1, 0.15) is 5.75 Å². The van der Waals surface area contributed by atoms with Crippen molar-refractivity contribution in [1.29, 1.82) is 0 Å². The van der Waals surface area contributed by atoms with Crippen LogP contribution in [0.5, 0.6) is 5.75 Å². The lowest BCUT2D eigenvalue weighted by molar-refractivity contribution is 0.0829. The van der Waals surface area contributed by atoms with Crippen molar-refractivity contribution in [2.45, 2.75) is 12.5 Å². The molecule has 1 aromatic heterocycles. The molecule has 0 unspecified atom stereocenters. The highest BCUT2D eigenvalue weighted by atomic mass is 32.1. The Hall–Kier alpha value is -1.61. The third-order valence-corrected chi connectivity index (χ3v) is 3.59. The van der Waals surface area contributed by atoms with Gasteiger partial charge in [0.05, 0.1) is 4.88 Å². The number of rotatable bonds is 2. The van der Waals surface area contributed by atoms with E-state index in [1.165, 1.54) is 11.3 Å². The van der Waals surface area contributed by atoms with Crippen molar-refractivity contribution in [3.63, 3.8) is 0 Å². The number of Topliss-reactive ketones (excluding diaryl/α,β-unsaturated/α-hetero) is 1. The molecule has 0 amide bonds. The lowest BCUT2D eigenvalue weighted by atomic mass is 10.1. The number of fused-ring (bicyclic) bond motifs is 1. The molecule has 0 N–H and O–H groups in total. The highest BCUT2D eigenvalue weighted by Crippen LogP contribution is 2.30. The second kappa shape index (κ2) is 3.76. The molecule has 16 heavy (non-hydrogen) atoms. The molecule has 3 rings (SSSR count). The molecule has 0 radical (unpaired) electrons. The molecule has 1 atom stereocenters. The molecule has 0 aliphatic carbocycles. The minimum absolute atomic E-state index is 0.0891. The van der Waals surface area contributed by atoms with Crippen LogP contribution in [0.1, 0.15) is 15.2 Å². The second-order valence-corrected chi connectivity index (χ2v) is 4.71. The summed E-state index contributed by atoms with van der Waals surface area (Å²) in [4.78, 5) is 12.8.